The highest BCUT2D eigenvalue weighted by molar-refractivity contribution is 7.52. The molecular weight excluding hydrogens is 401 g/mol. The van der Waals surface area contributed by atoms with Crippen LogP contribution in [0.2, 0.25) is 0 Å². The molecule has 0 fully saturated rings. The minimum absolute atomic E-state index is 0.321. The molecule has 0 radical (unpaired) electrons. The summed E-state index contributed by atoms with van der Waals surface area (Å²) in [6.45, 7) is 2.09. The number of para-hydroxylation sites is 1. The summed E-state index contributed by atoms with van der Waals surface area (Å²) in [4.78, 5) is 20.1. The molecule has 3 aromatic rings. The van der Waals surface area contributed by atoms with Crippen molar-refractivity contribution in [3.8, 4) is 5.75 Å². The molecule has 0 aliphatic heterocycles. The van der Waals surface area contributed by atoms with Gasteiger partial charge in [0.1, 0.15) is 11.4 Å². The largest absolute Gasteiger partial charge is 0.496 e. The van der Waals surface area contributed by atoms with Gasteiger partial charge in [0.2, 0.25) is 5.97 Å². The van der Waals surface area contributed by atoms with E-state index in [0.29, 0.717) is 17.9 Å². The maximum Gasteiger partial charge on any atom is 0.368 e. The van der Waals surface area contributed by atoms with Crippen molar-refractivity contribution in [1.82, 2.24) is 5.32 Å². The minimum atomic E-state index is -4.65. The van der Waals surface area contributed by atoms with Gasteiger partial charge in [0.05, 0.1) is 7.11 Å². The summed E-state index contributed by atoms with van der Waals surface area (Å²) in [5, 5.41) is 2.80. The van der Waals surface area contributed by atoms with Crippen molar-refractivity contribution in [1.29, 1.82) is 0 Å². The van der Waals surface area contributed by atoms with Crippen molar-refractivity contribution in [2.24, 2.45) is 0 Å². The number of nitrogens with one attached hydrogen (secondary N) is 1. The fourth-order valence-electron chi connectivity index (χ4n) is 3.53. The number of benzene rings is 3. The van der Waals surface area contributed by atoms with Crippen LogP contribution >= 0.6 is 7.60 Å². The first-order chi connectivity index (χ1) is 14.4. The zero-order chi connectivity index (χ0) is 21.6. The Hall–Kier alpha value is -2.47. The lowest BCUT2D eigenvalue weighted by Gasteiger charge is -2.39. The van der Waals surface area contributed by atoms with Gasteiger partial charge in [-0.25, -0.2) is 0 Å². The van der Waals surface area contributed by atoms with Gasteiger partial charge in [0.15, 0.2) is 0 Å². The monoisotopic (exact) mass is 427 g/mol. The molecule has 7 heteroatoms. The number of methoxy groups -OCH3 is 1. The van der Waals surface area contributed by atoms with E-state index in [-0.39, 0.29) is 0 Å². The Balaban J connectivity index is 2.37. The van der Waals surface area contributed by atoms with Crippen LogP contribution in [-0.2, 0) is 14.9 Å². The maximum absolute atomic E-state index is 12.3. The molecule has 1 unspecified atom stereocenters. The molecule has 0 aliphatic rings. The normalized spacial score (nSPS) is 13.1. The summed E-state index contributed by atoms with van der Waals surface area (Å²) in [7, 11) is -3.09. The molecule has 0 heterocycles. The van der Waals surface area contributed by atoms with Crippen LogP contribution in [0.25, 0.3) is 0 Å². The Morgan fingerprint density at radius 2 is 1.40 bits per heavy atom. The first kappa shape index (κ1) is 22.2. The fourth-order valence-corrected chi connectivity index (χ4v) is 4.25. The molecule has 0 saturated carbocycles. The van der Waals surface area contributed by atoms with Crippen LogP contribution in [0.4, 0.5) is 0 Å². The zero-order valence-corrected chi connectivity index (χ0v) is 17.8. The number of hydrogen-bond acceptors (Lipinski definition) is 4. The highest BCUT2D eigenvalue weighted by Gasteiger charge is 2.45. The van der Waals surface area contributed by atoms with E-state index in [1.807, 2.05) is 78.9 Å². The third-order valence-corrected chi connectivity index (χ3v) is 5.72. The fraction of sp³-hybridized carbons (Fsp3) is 0.217. The summed E-state index contributed by atoms with van der Waals surface area (Å²) < 4.78 is 24.3. The molecule has 158 valence electrons. The summed E-state index contributed by atoms with van der Waals surface area (Å²) in [5.74, 6) is -0.973. The molecule has 0 bridgehead atoms. The SMILES string of the molecule is CCNC(OC(c1ccccc1)(c1ccccc1)c1ccccc1OC)P(=O)(O)O. The predicted octanol–water partition coefficient (Wildman–Crippen LogP) is 4.07. The van der Waals surface area contributed by atoms with Crippen molar-refractivity contribution >= 4 is 7.60 Å². The van der Waals surface area contributed by atoms with E-state index < -0.39 is 19.2 Å². The topological polar surface area (TPSA) is 88.0 Å². The first-order valence-electron chi connectivity index (χ1n) is 9.64. The average Bonchev–Trinajstić information content (AvgIpc) is 2.77. The Bertz CT molecular complexity index is 951. The smallest absolute Gasteiger partial charge is 0.368 e. The van der Waals surface area contributed by atoms with Crippen molar-refractivity contribution in [2.75, 3.05) is 13.7 Å². The first-order valence-corrected chi connectivity index (χ1v) is 11.3. The van der Waals surface area contributed by atoms with E-state index in [2.05, 4.69) is 5.32 Å². The molecule has 3 rings (SSSR count). The van der Waals surface area contributed by atoms with Crippen LogP contribution < -0.4 is 10.1 Å². The highest BCUT2D eigenvalue weighted by Crippen LogP contribution is 2.50. The van der Waals surface area contributed by atoms with Crippen LogP contribution in [0.15, 0.2) is 84.9 Å². The Labute approximate surface area is 176 Å². The summed E-state index contributed by atoms with van der Waals surface area (Å²) in [6.07, 6.45) is 0. The minimum Gasteiger partial charge on any atom is -0.496 e. The molecule has 0 amide bonds. The molecule has 0 spiro atoms. The molecule has 3 N–H and O–H groups in total. The van der Waals surface area contributed by atoms with Gasteiger partial charge in [-0.2, -0.15) is 0 Å². The lowest BCUT2D eigenvalue weighted by Crippen LogP contribution is -2.43. The summed E-state index contributed by atoms with van der Waals surface area (Å²) >= 11 is 0. The molecule has 0 saturated heterocycles. The number of rotatable bonds is 9. The van der Waals surface area contributed by atoms with Crippen molar-refractivity contribution in [3.63, 3.8) is 0 Å². The lowest BCUT2D eigenvalue weighted by atomic mass is 9.79. The number of ether oxygens (including phenoxy) is 2. The van der Waals surface area contributed by atoms with E-state index >= 15 is 0 Å². The third-order valence-electron chi connectivity index (χ3n) is 4.82. The van der Waals surface area contributed by atoms with Gasteiger partial charge in [0, 0.05) is 5.56 Å². The van der Waals surface area contributed by atoms with Crippen LogP contribution in [0.1, 0.15) is 23.6 Å². The zero-order valence-electron chi connectivity index (χ0n) is 16.9. The van der Waals surface area contributed by atoms with E-state index in [1.54, 1.807) is 20.1 Å². The van der Waals surface area contributed by atoms with Crippen LogP contribution in [-0.4, -0.2) is 29.4 Å². The Kier molecular flexibility index (Phi) is 7.08. The summed E-state index contributed by atoms with van der Waals surface area (Å²) in [6, 6.07) is 26.1. The molecule has 30 heavy (non-hydrogen) atoms. The van der Waals surface area contributed by atoms with Gasteiger partial charge in [-0.15, -0.1) is 0 Å². The standard InChI is InChI=1S/C23H26NO5P/c1-3-24-22(30(25,26)27)29-23(18-12-6-4-7-13-18,19-14-8-5-9-15-19)20-16-10-11-17-21(20)28-2/h4-17,22,24H,3H2,1-2H3,(H2,25,26,27). The van der Waals surface area contributed by atoms with E-state index in [9.17, 15) is 14.4 Å². The van der Waals surface area contributed by atoms with Gasteiger partial charge in [-0.05, 0) is 23.7 Å². The van der Waals surface area contributed by atoms with Gasteiger partial charge >= 0.3 is 7.60 Å². The molecule has 0 aromatic heterocycles. The maximum atomic E-state index is 12.3. The molecule has 1 atom stereocenters. The quantitative estimate of drug-likeness (QED) is 0.271. The number of hydrogen-bond donors (Lipinski definition) is 3. The second kappa shape index (κ2) is 9.56. The van der Waals surface area contributed by atoms with Crippen molar-refractivity contribution < 1.29 is 23.8 Å². The van der Waals surface area contributed by atoms with Gasteiger partial charge in [-0.3, -0.25) is 9.88 Å². The summed E-state index contributed by atoms with van der Waals surface area (Å²) in [5.41, 5.74) is 0.749. The predicted molar refractivity (Wildman–Crippen MR) is 116 cm³/mol. The second-order valence-electron chi connectivity index (χ2n) is 6.73. The van der Waals surface area contributed by atoms with Gasteiger partial charge < -0.3 is 19.3 Å². The second-order valence-corrected chi connectivity index (χ2v) is 8.38. The lowest BCUT2D eigenvalue weighted by molar-refractivity contribution is -0.0341. The highest BCUT2D eigenvalue weighted by atomic mass is 31.2. The Morgan fingerprint density at radius 3 is 1.87 bits per heavy atom. The van der Waals surface area contributed by atoms with Crippen LogP contribution in [0.5, 0.6) is 5.75 Å². The average molecular weight is 427 g/mol. The van der Waals surface area contributed by atoms with Crippen LogP contribution in [0, 0.1) is 0 Å². The Morgan fingerprint density at radius 1 is 0.900 bits per heavy atom. The molecule has 3 aromatic carbocycles. The van der Waals surface area contributed by atoms with Gasteiger partial charge in [-0.1, -0.05) is 85.8 Å². The molecule has 6 nitrogen and oxygen atoms in total. The van der Waals surface area contributed by atoms with Crippen molar-refractivity contribution in [3.05, 3.63) is 102 Å². The van der Waals surface area contributed by atoms with Crippen molar-refractivity contribution in [2.45, 2.75) is 18.5 Å². The molecular formula is C23H26NO5P. The van der Waals surface area contributed by atoms with Gasteiger partial charge in [0.25, 0.3) is 0 Å². The van der Waals surface area contributed by atoms with E-state index in [0.717, 1.165) is 11.1 Å². The van der Waals surface area contributed by atoms with Crippen LogP contribution in [0.3, 0.4) is 0 Å². The van der Waals surface area contributed by atoms with E-state index in [1.165, 1.54) is 0 Å². The third kappa shape index (κ3) is 4.48. The molecule has 0 aliphatic carbocycles. The van der Waals surface area contributed by atoms with E-state index in [4.69, 9.17) is 9.47 Å².